The summed E-state index contributed by atoms with van der Waals surface area (Å²) < 4.78 is 5.92. The average Bonchev–Trinajstić information content (AvgIpc) is 2.53. The standard InChI is InChI=1S/C19H12O2/c20-17-9-7-14-8-10-18(21-19(14)12-17)16-6-5-13-3-1-2-4-15(13)11-16/h1-12H/p+1. The lowest BCUT2D eigenvalue weighted by Crippen LogP contribution is -1.80. The molecule has 4 aromatic rings. The highest BCUT2D eigenvalue weighted by Gasteiger charge is 2.15. The molecular weight excluding hydrogens is 260 g/mol. The van der Waals surface area contributed by atoms with Gasteiger partial charge >= 0.3 is 11.3 Å². The summed E-state index contributed by atoms with van der Waals surface area (Å²) >= 11 is 0. The lowest BCUT2D eigenvalue weighted by molar-refractivity contribution is 0.474. The highest BCUT2D eigenvalue weighted by Crippen LogP contribution is 2.28. The molecule has 0 saturated carbocycles. The number of fused-ring (bicyclic) bond motifs is 2. The Bertz CT molecular complexity index is 958. The zero-order valence-corrected chi connectivity index (χ0v) is 11.3. The Labute approximate surface area is 121 Å². The van der Waals surface area contributed by atoms with Crippen molar-refractivity contribution in [1.82, 2.24) is 0 Å². The van der Waals surface area contributed by atoms with Crippen LogP contribution in [-0.2, 0) is 0 Å². The lowest BCUT2D eigenvalue weighted by atomic mass is 10.1. The molecule has 0 radical (unpaired) electrons. The predicted octanol–water partition coefficient (Wildman–Crippen LogP) is 5.24. The molecule has 1 N–H and O–H groups in total. The minimum absolute atomic E-state index is 0.210. The van der Waals surface area contributed by atoms with E-state index in [0.29, 0.717) is 5.58 Å². The van der Waals surface area contributed by atoms with E-state index in [1.807, 2.05) is 30.3 Å². The monoisotopic (exact) mass is 273 g/mol. The molecule has 2 heteroatoms. The molecule has 0 unspecified atom stereocenters. The van der Waals surface area contributed by atoms with Crippen LogP contribution in [0.15, 0.2) is 77.2 Å². The predicted molar refractivity (Wildman–Crippen MR) is 85.2 cm³/mol. The molecule has 3 aromatic carbocycles. The van der Waals surface area contributed by atoms with Crippen LogP contribution in [0.1, 0.15) is 0 Å². The number of benzene rings is 3. The second-order valence-electron chi connectivity index (χ2n) is 5.08. The van der Waals surface area contributed by atoms with Crippen LogP contribution in [0, 0.1) is 0 Å². The van der Waals surface area contributed by atoms with E-state index in [-0.39, 0.29) is 5.75 Å². The van der Waals surface area contributed by atoms with Gasteiger partial charge in [-0.05, 0) is 41.1 Å². The molecule has 0 amide bonds. The normalized spacial score (nSPS) is 11.0. The van der Waals surface area contributed by atoms with E-state index in [2.05, 4.69) is 30.3 Å². The zero-order valence-electron chi connectivity index (χ0n) is 11.3. The van der Waals surface area contributed by atoms with Gasteiger partial charge in [0, 0.05) is 6.07 Å². The summed E-state index contributed by atoms with van der Waals surface area (Å²) in [6.45, 7) is 0. The van der Waals surface area contributed by atoms with Crippen molar-refractivity contribution in [3.63, 3.8) is 0 Å². The second-order valence-corrected chi connectivity index (χ2v) is 5.08. The van der Waals surface area contributed by atoms with Crippen LogP contribution < -0.4 is 0 Å². The molecule has 2 nitrogen and oxygen atoms in total. The summed E-state index contributed by atoms with van der Waals surface area (Å²) in [4.78, 5) is 0. The Balaban J connectivity index is 1.90. The highest BCUT2D eigenvalue weighted by atomic mass is 16.3. The van der Waals surface area contributed by atoms with Gasteiger partial charge < -0.3 is 5.11 Å². The van der Waals surface area contributed by atoms with Gasteiger partial charge in [0.05, 0.1) is 17.0 Å². The van der Waals surface area contributed by atoms with Crippen molar-refractivity contribution in [1.29, 1.82) is 0 Å². The maximum absolute atomic E-state index is 9.57. The van der Waals surface area contributed by atoms with Gasteiger partial charge in [0.15, 0.2) is 0 Å². The average molecular weight is 273 g/mol. The molecule has 100 valence electrons. The third kappa shape index (κ3) is 2.11. The third-order valence-corrected chi connectivity index (χ3v) is 3.67. The van der Waals surface area contributed by atoms with Gasteiger partial charge in [0.2, 0.25) is 0 Å². The largest absolute Gasteiger partial charge is 0.508 e. The van der Waals surface area contributed by atoms with Crippen molar-refractivity contribution < 1.29 is 9.52 Å². The quantitative estimate of drug-likeness (QED) is 0.481. The van der Waals surface area contributed by atoms with E-state index >= 15 is 0 Å². The molecule has 4 rings (SSSR count). The van der Waals surface area contributed by atoms with Gasteiger partial charge in [-0.3, -0.25) is 0 Å². The van der Waals surface area contributed by atoms with E-state index in [4.69, 9.17) is 4.42 Å². The third-order valence-electron chi connectivity index (χ3n) is 3.67. The first-order valence-electron chi connectivity index (χ1n) is 6.85. The SMILES string of the molecule is Oc1ccc2ccc(-c3ccc4ccccc4c3)[o+]c2c1. The van der Waals surface area contributed by atoms with Crippen molar-refractivity contribution in [3.05, 3.63) is 72.8 Å². The molecule has 0 spiro atoms. The van der Waals surface area contributed by atoms with Crippen molar-refractivity contribution in [2.24, 2.45) is 0 Å². The Morgan fingerprint density at radius 3 is 2.33 bits per heavy atom. The Kier molecular flexibility index (Phi) is 2.61. The molecule has 0 fully saturated rings. The summed E-state index contributed by atoms with van der Waals surface area (Å²) in [5.74, 6) is 1.00. The van der Waals surface area contributed by atoms with E-state index in [0.717, 1.165) is 16.7 Å². The summed E-state index contributed by atoms with van der Waals surface area (Å²) in [5.41, 5.74) is 1.71. The first kappa shape index (κ1) is 11.9. The van der Waals surface area contributed by atoms with Crippen molar-refractivity contribution in [2.45, 2.75) is 0 Å². The maximum Gasteiger partial charge on any atom is 0.364 e. The Morgan fingerprint density at radius 2 is 1.43 bits per heavy atom. The molecule has 21 heavy (non-hydrogen) atoms. The van der Waals surface area contributed by atoms with E-state index < -0.39 is 0 Å². The van der Waals surface area contributed by atoms with E-state index in [1.54, 1.807) is 12.1 Å². The van der Waals surface area contributed by atoms with Crippen LogP contribution in [0.25, 0.3) is 33.1 Å². The Hall–Kier alpha value is -2.87. The second kappa shape index (κ2) is 4.60. The fourth-order valence-electron chi connectivity index (χ4n) is 2.56. The molecule has 1 heterocycles. The van der Waals surface area contributed by atoms with Crippen LogP contribution in [0.3, 0.4) is 0 Å². The zero-order chi connectivity index (χ0) is 14.2. The van der Waals surface area contributed by atoms with Crippen molar-refractivity contribution >= 4 is 21.7 Å². The van der Waals surface area contributed by atoms with Crippen LogP contribution in [-0.4, -0.2) is 5.11 Å². The van der Waals surface area contributed by atoms with Crippen LogP contribution in [0.5, 0.6) is 5.75 Å². The van der Waals surface area contributed by atoms with Gasteiger partial charge in [-0.25, -0.2) is 4.42 Å². The first-order valence-corrected chi connectivity index (χ1v) is 6.85. The minimum atomic E-state index is 0.210. The Morgan fingerprint density at radius 1 is 0.667 bits per heavy atom. The van der Waals surface area contributed by atoms with E-state index in [9.17, 15) is 5.11 Å². The van der Waals surface area contributed by atoms with Crippen molar-refractivity contribution in [2.75, 3.05) is 0 Å². The van der Waals surface area contributed by atoms with Gasteiger partial charge in [-0.15, -0.1) is 0 Å². The molecule has 0 aliphatic heterocycles. The summed E-state index contributed by atoms with van der Waals surface area (Å²) in [7, 11) is 0. The van der Waals surface area contributed by atoms with Gasteiger partial charge in [-0.1, -0.05) is 30.3 Å². The molecule has 0 aliphatic carbocycles. The van der Waals surface area contributed by atoms with Crippen LogP contribution in [0.2, 0.25) is 0 Å². The number of rotatable bonds is 1. The molecule has 0 bridgehead atoms. The van der Waals surface area contributed by atoms with Gasteiger partial charge in [0.25, 0.3) is 0 Å². The van der Waals surface area contributed by atoms with Gasteiger partial charge in [-0.2, -0.15) is 0 Å². The highest BCUT2D eigenvalue weighted by molar-refractivity contribution is 5.87. The van der Waals surface area contributed by atoms with Crippen LogP contribution >= 0.6 is 0 Å². The number of hydrogen-bond acceptors (Lipinski definition) is 1. The number of hydrogen-bond donors (Lipinski definition) is 1. The summed E-state index contributed by atoms with van der Waals surface area (Å²) in [5, 5.41) is 12.9. The summed E-state index contributed by atoms with van der Waals surface area (Å²) in [6, 6.07) is 23.6. The lowest BCUT2D eigenvalue weighted by Gasteiger charge is -1.98. The fraction of sp³-hybridized carbons (Fsp3) is 0. The maximum atomic E-state index is 9.57. The fourth-order valence-corrected chi connectivity index (χ4v) is 2.56. The molecule has 0 atom stereocenters. The molecule has 1 aromatic heterocycles. The number of phenolic OH excluding ortho intramolecular Hbond substituents is 1. The summed E-state index contributed by atoms with van der Waals surface area (Å²) in [6.07, 6.45) is 0. The number of phenols is 1. The van der Waals surface area contributed by atoms with Gasteiger partial charge in [0.1, 0.15) is 5.75 Å². The topological polar surface area (TPSA) is 31.5 Å². The van der Waals surface area contributed by atoms with Crippen molar-refractivity contribution in [3.8, 4) is 17.1 Å². The van der Waals surface area contributed by atoms with Crippen LogP contribution in [0.4, 0.5) is 0 Å². The molecule has 0 saturated heterocycles. The smallest absolute Gasteiger partial charge is 0.364 e. The molecular formula is C19H13O2+. The molecule has 0 aliphatic rings. The minimum Gasteiger partial charge on any atom is -0.508 e. The van der Waals surface area contributed by atoms with E-state index in [1.165, 1.54) is 10.8 Å². The number of aromatic hydroxyl groups is 1. The first-order chi connectivity index (χ1) is 10.3.